The SMILES string of the molecule is CC(C)(SCCN1CCNC1=O)C(=O)O. The van der Waals surface area contributed by atoms with Crippen LogP contribution in [0.25, 0.3) is 0 Å². The van der Waals surface area contributed by atoms with Gasteiger partial charge in [0, 0.05) is 25.4 Å². The molecule has 2 N–H and O–H groups in total. The van der Waals surface area contributed by atoms with Crippen LogP contribution in [0, 0.1) is 0 Å². The standard InChI is InChI=1S/C9H16N2O3S/c1-9(2,7(12)13)15-6-5-11-4-3-10-8(11)14/h3-6H2,1-2H3,(H,10,14)(H,12,13). The Morgan fingerprint density at radius 1 is 1.67 bits per heavy atom. The highest BCUT2D eigenvalue weighted by Crippen LogP contribution is 2.24. The van der Waals surface area contributed by atoms with Crippen molar-refractivity contribution in [3.8, 4) is 0 Å². The molecular formula is C9H16N2O3S. The topological polar surface area (TPSA) is 69.6 Å². The average Bonchev–Trinajstić information content (AvgIpc) is 2.51. The van der Waals surface area contributed by atoms with Gasteiger partial charge in [0.2, 0.25) is 0 Å². The minimum atomic E-state index is -0.821. The highest BCUT2D eigenvalue weighted by Gasteiger charge is 2.28. The zero-order chi connectivity index (χ0) is 11.5. The van der Waals surface area contributed by atoms with Gasteiger partial charge in [-0.1, -0.05) is 0 Å². The van der Waals surface area contributed by atoms with Crippen LogP contribution in [-0.2, 0) is 4.79 Å². The molecule has 15 heavy (non-hydrogen) atoms. The van der Waals surface area contributed by atoms with E-state index in [4.69, 9.17) is 5.11 Å². The highest BCUT2D eigenvalue weighted by atomic mass is 32.2. The molecule has 0 aliphatic carbocycles. The molecule has 0 spiro atoms. The second kappa shape index (κ2) is 4.74. The Hall–Kier alpha value is -0.910. The van der Waals surface area contributed by atoms with E-state index in [9.17, 15) is 9.59 Å². The predicted octanol–water partition coefficient (Wildman–Crippen LogP) is 0.608. The number of hydrogen-bond acceptors (Lipinski definition) is 3. The number of thioether (sulfide) groups is 1. The summed E-state index contributed by atoms with van der Waals surface area (Å²) >= 11 is 1.35. The molecule has 0 aromatic heterocycles. The van der Waals surface area contributed by atoms with E-state index in [1.54, 1.807) is 18.7 Å². The molecule has 0 unspecified atom stereocenters. The molecule has 6 heteroatoms. The lowest BCUT2D eigenvalue weighted by Gasteiger charge is -2.20. The van der Waals surface area contributed by atoms with Gasteiger partial charge in [-0.2, -0.15) is 0 Å². The van der Waals surface area contributed by atoms with Gasteiger partial charge >= 0.3 is 12.0 Å². The lowest BCUT2D eigenvalue weighted by Crippen LogP contribution is -2.33. The van der Waals surface area contributed by atoms with Gasteiger partial charge in [-0.3, -0.25) is 4.79 Å². The molecule has 5 nitrogen and oxygen atoms in total. The van der Waals surface area contributed by atoms with Crippen LogP contribution in [0.3, 0.4) is 0 Å². The van der Waals surface area contributed by atoms with Crippen LogP contribution in [0.4, 0.5) is 4.79 Å². The Morgan fingerprint density at radius 3 is 2.80 bits per heavy atom. The van der Waals surface area contributed by atoms with Crippen LogP contribution in [0.5, 0.6) is 0 Å². The summed E-state index contributed by atoms with van der Waals surface area (Å²) in [6.07, 6.45) is 0. The number of amides is 2. The second-order valence-electron chi connectivity index (χ2n) is 3.88. The average molecular weight is 232 g/mol. The summed E-state index contributed by atoms with van der Waals surface area (Å²) in [6.45, 7) is 5.35. The maximum Gasteiger partial charge on any atom is 0.319 e. The van der Waals surface area contributed by atoms with Crippen LogP contribution in [-0.4, -0.2) is 52.1 Å². The highest BCUT2D eigenvalue weighted by molar-refractivity contribution is 8.01. The van der Waals surface area contributed by atoms with Gasteiger partial charge in [-0.05, 0) is 13.8 Å². The summed E-state index contributed by atoms with van der Waals surface area (Å²) in [6, 6.07) is -0.0521. The predicted molar refractivity (Wildman–Crippen MR) is 59.1 cm³/mol. The Labute approximate surface area is 93.2 Å². The molecule has 0 aromatic carbocycles. The van der Waals surface area contributed by atoms with Gasteiger partial charge in [0.25, 0.3) is 0 Å². The van der Waals surface area contributed by atoms with Gasteiger partial charge < -0.3 is 15.3 Å². The lowest BCUT2D eigenvalue weighted by atomic mass is 10.2. The van der Waals surface area contributed by atoms with Gasteiger partial charge in [0.15, 0.2) is 0 Å². The van der Waals surface area contributed by atoms with Crippen molar-refractivity contribution >= 4 is 23.8 Å². The molecule has 0 bridgehead atoms. The minimum Gasteiger partial charge on any atom is -0.480 e. The molecule has 1 saturated heterocycles. The van der Waals surface area contributed by atoms with Crippen LogP contribution < -0.4 is 5.32 Å². The normalized spacial score (nSPS) is 16.7. The summed E-state index contributed by atoms with van der Waals surface area (Å²) in [5.74, 6) is -0.175. The van der Waals surface area contributed by atoms with Crippen LogP contribution in [0.1, 0.15) is 13.8 Å². The van der Waals surface area contributed by atoms with Gasteiger partial charge in [-0.15, -0.1) is 11.8 Å². The number of carboxylic acids is 1. The van der Waals surface area contributed by atoms with E-state index in [1.165, 1.54) is 11.8 Å². The second-order valence-corrected chi connectivity index (χ2v) is 5.60. The summed E-state index contributed by atoms with van der Waals surface area (Å²) in [4.78, 5) is 23.7. The van der Waals surface area contributed by atoms with Gasteiger partial charge in [0.05, 0.1) is 0 Å². The number of urea groups is 1. The summed E-state index contributed by atoms with van der Waals surface area (Å²) in [5.41, 5.74) is 0. The van der Waals surface area contributed by atoms with Crippen LogP contribution in [0.15, 0.2) is 0 Å². The largest absolute Gasteiger partial charge is 0.480 e. The number of aliphatic carboxylic acids is 1. The first-order chi connectivity index (χ1) is 6.93. The Balaban J connectivity index is 2.27. The molecule has 0 atom stereocenters. The molecule has 1 aliphatic rings. The van der Waals surface area contributed by atoms with Crippen molar-refractivity contribution in [2.75, 3.05) is 25.4 Å². The molecule has 1 heterocycles. The molecule has 86 valence electrons. The molecule has 2 amide bonds. The Morgan fingerprint density at radius 2 is 2.33 bits per heavy atom. The molecule has 1 rings (SSSR count). The summed E-state index contributed by atoms with van der Waals surface area (Å²) < 4.78 is -0.782. The molecular weight excluding hydrogens is 216 g/mol. The number of hydrogen-bond donors (Lipinski definition) is 2. The fourth-order valence-electron chi connectivity index (χ4n) is 1.20. The van der Waals surface area contributed by atoms with Crippen molar-refractivity contribution in [1.29, 1.82) is 0 Å². The molecule has 0 aromatic rings. The van der Waals surface area contributed by atoms with E-state index < -0.39 is 10.7 Å². The first-order valence-electron chi connectivity index (χ1n) is 4.83. The summed E-state index contributed by atoms with van der Waals surface area (Å²) in [5, 5.41) is 11.6. The van der Waals surface area contributed by atoms with E-state index >= 15 is 0 Å². The smallest absolute Gasteiger partial charge is 0.319 e. The maximum absolute atomic E-state index is 11.2. The number of rotatable bonds is 5. The maximum atomic E-state index is 11.2. The van der Waals surface area contributed by atoms with Crippen molar-refractivity contribution in [2.45, 2.75) is 18.6 Å². The third-order valence-electron chi connectivity index (χ3n) is 2.28. The van der Waals surface area contributed by atoms with Crippen molar-refractivity contribution in [3.05, 3.63) is 0 Å². The monoisotopic (exact) mass is 232 g/mol. The zero-order valence-electron chi connectivity index (χ0n) is 8.95. The minimum absolute atomic E-state index is 0.0521. The number of carbonyl (C=O) groups excluding carboxylic acids is 1. The molecule has 0 radical (unpaired) electrons. The van der Waals surface area contributed by atoms with Crippen molar-refractivity contribution in [1.82, 2.24) is 10.2 Å². The van der Waals surface area contributed by atoms with Gasteiger partial charge in [-0.25, -0.2) is 4.79 Å². The third-order valence-corrected chi connectivity index (χ3v) is 3.57. The lowest BCUT2D eigenvalue weighted by molar-refractivity contribution is -0.138. The van der Waals surface area contributed by atoms with E-state index in [-0.39, 0.29) is 6.03 Å². The van der Waals surface area contributed by atoms with E-state index in [0.29, 0.717) is 25.4 Å². The number of nitrogens with one attached hydrogen (secondary N) is 1. The first-order valence-corrected chi connectivity index (χ1v) is 5.82. The number of nitrogens with zero attached hydrogens (tertiary/aromatic N) is 1. The Bertz CT molecular complexity index is 268. The van der Waals surface area contributed by atoms with E-state index in [2.05, 4.69) is 5.32 Å². The number of carboxylic acid groups (broad SMARTS) is 1. The Kier molecular flexibility index (Phi) is 3.84. The summed E-state index contributed by atoms with van der Waals surface area (Å²) in [7, 11) is 0. The van der Waals surface area contributed by atoms with Crippen molar-refractivity contribution < 1.29 is 14.7 Å². The van der Waals surface area contributed by atoms with Crippen molar-refractivity contribution in [2.24, 2.45) is 0 Å². The van der Waals surface area contributed by atoms with Crippen molar-refractivity contribution in [3.63, 3.8) is 0 Å². The fourth-order valence-corrected chi connectivity index (χ4v) is 2.14. The first kappa shape index (κ1) is 12.2. The van der Waals surface area contributed by atoms with E-state index in [0.717, 1.165) is 0 Å². The molecule has 1 aliphatic heterocycles. The van der Waals surface area contributed by atoms with Gasteiger partial charge in [0.1, 0.15) is 4.75 Å². The number of carbonyl (C=O) groups is 2. The fraction of sp³-hybridized carbons (Fsp3) is 0.778. The quantitative estimate of drug-likeness (QED) is 0.728. The molecule has 1 fully saturated rings. The molecule has 0 saturated carbocycles. The van der Waals surface area contributed by atoms with E-state index in [1.807, 2.05) is 0 Å². The zero-order valence-corrected chi connectivity index (χ0v) is 9.76. The van der Waals surface area contributed by atoms with Crippen LogP contribution in [0.2, 0.25) is 0 Å². The van der Waals surface area contributed by atoms with Crippen LogP contribution >= 0.6 is 11.8 Å². The third kappa shape index (κ3) is 3.30.